The number of hydrogen-bond acceptors (Lipinski definition) is 4. The van der Waals surface area contributed by atoms with Gasteiger partial charge < -0.3 is 0 Å². The maximum Gasteiger partial charge on any atom is 0.205 e. The number of nitrogens with zero attached hydrogens (tertiary/aromatic N) is 6. The molecule has 26 heavy (non-hydrogen) atoms. The van der Waals surface area contributed by atoms with Crippen LogP contribution in [0, 0.1) is 0 Å². The molecule has 0 saturated carbocycles. The lowest BCUT2D eigenvalue weighted by Gasteiger charge is -2.35. The summed E-state index contributed by atoms with van der Waals surface area (Å²) in [7, 11) is 0. The summed E-state index contributed by atoms with van der Waals surface area (Å²) in [4.78, 5) is 11.1. The van der Waals surface area contributed by atoms with E-state index >= 15 is 0 Å². The summed E-state index contributed by atoms with van der Waals surface area (Å²) in [5.41, 5.74) is 0. The molecular weight excluding hydrogens is 324 g/mol. The molecule has 0 aromatic carbocycles. The molecule has 6 heterocycles. The molecule has 6 heteroatoms. The molecule has 0 spiro atoms. The topological polar surface area (TPSA) is 13.0 Å². The van der Waals surface area contributed by atoms with Gasteiger partial charge in [0.15, 0.2) is 0 Å². The van der Waals surface area contributed by atoms with E-state index in [0.29, 0.717) is 0 Å². The van der Waals surface area contributed by atoms with Crippen LogP contribution < -0.4 is 0 Å². The van der Waals surface area contributed by atoms with Crippen LogP contribution in [0.25, 0.3) is 0 Å². The van der Waals surface area contributed by atoms with Gasteiger partial charge in [-0.1, -0.05) is 0 Å². The zero-order valence-corrected chi connectivity index (χ0v) is 16.6. The zero-order valence-electron chi connectivity index (χ0n) is 16.6. The van der Waals surface area contributed by atoms with Gasteiger partial charge in [0, 0.05) is 26.2 Å². The Morgan fingerprint density at radius 1 is 0.462 bits per heavy atom. The average Bonchev–Trinajstić information content (AvgIpc) is 3.43. The van der Waals surface area contributed by atoms with Crippen molar-refractivity contribution in [1.82, 2.24) is 19.6 Å². The molecule has 0 aromatic rings. The van der Waals surface area contributed by atoms with Crippen LogP contribution in [0.2, 0.25) is 0 Å². The number of hydrogen-bond donors (Lipinski definition) is 0. The minimum Gasteiger partial charge on any atom is -0.293 e. The normalized spacial score (nSPS) is 45.2. The first kappa shape index (κ1) is 16.7. The van der Waals surface area contributed by atoms with E-state index in [1.807, 2.05) is 0 Å². The molecule has 0 aliphatic carbocycles. The molecule has 6 aliphatic rings. The van der Waals surface area contributed by atoms with E-state index in [4.69, 9.17) is 0 Å². The molecule has 0 unspecified atom stereocenters. The fourth-order valence-corrected chi connectivity index (χ4v) is 7.61. The maximum atomic E-state index is 2.77. The van der Waals surface area contributed by atoms with Crippen LogP contribution >= 0.6 is 0 Å². The quantitative estimate of drug-likeness (QED) is 0.468. The van der Waals surface area contributed by atoms with Gasteiger partial charge in [-0.25, -0.2) is 19.6 Å². The van der Waals surface area contributed by atoms with Crippen molar-refractivity contribution in [3.05, 3.63) is 0 Å². The summed E-state index contributed by atoms with van der Waals surface area (Å²) >= 11 is 0. The summed E-state index contributed by atoms with van der Waals surface area (Å²) in [6.45, 7) is 19.4. The highest BCUT2D eigenvalue weighted by Crippen LogP contribution is 2.37. The van der Waals surface area contributed by atoms with E-state index in [2.05, 4.69) is 19.6 Å². The second-order valence-corrected chi connectivity index (χ2v) is 10.0. The highest BCUT2D eigenvalue weighted by molar-refractivity contribution is 4.87. The van der Waals surface area contributed by atoms with E-state index in [1.54, 1.807) is 0 Å². The van der Waals surface area contributed by atoms with Gasteiger partial charge in [0.05, 0.1) is 65.4 Å². The van der Waals surface area contributed by atoms with E-state index in [-0.39, 0.29) is 0 Å². The highest BCUT2D eigenvalue weighted by atomic mass is 15.7. The number of quaternary nitrogens is 2. The number of unbranched alkanes of at least 4 members (excludes halogenated alkanes) is 3. The lowest BCUT2D eigenvalue weighted by atomic mass is 10.1. The third-order valence-electron chi connectivity index (χ3n) is 8.92. The minimum atomic E-state index is 0.780. The smallest absolute Gasteiger partial charge is 0.205 e. The van der Waals surface area contributed by atoms with Crippen molar-refractivity contribution in [2.24, 2.45) is 0 Å². The van der Waals surface area contributed by atoms with Crippen LogP contribution in [0.1, 0.15) is 25.7 Å². The van der Waals surface area contributed by atoms with Crippen molar-refractivity contribution in [1.29, 1.82) is 0 Å². The van der Waals surface area contributed by atoms with Crippen molar-refractivity contribution in [2.75, 3.05) is 91.6 Å². The molecule has 0 bridgehead atoms. The Labute approximate surface area is 159 Å². The van der Waals surface area contributed by atoms with Gasteiger partial charge in [-0.3, -0.25) is 8.97 Å². The van der Waals surface area contributed by atoms with Crippen LogP contribution in [0.5, 0.6) is 0 Å². The third kappa shape index (κ3) is 2.32. The molecule has 6 nitrogen and oxygen atoms in total. The zero-order chi connectivity index (χ0) is 17.2. The van der Waals surface area contributed by atoms with Crippen LogP contribution in [0.4, 0.5) is 0 Å². The molecule has 0 aromatic heterocycles. The van der Waals surface area contributed by atoms with E-state index in [1.165, 1.54) is 126 Å². The fourth-order valence-electron chi connectivity index (χ4n) is 7.61. The standard InChI is InChI=1S/C20H38N6/c1(3-13-25-15-9-21-5-6-22(10-16-25)19(21)25)2-4-14-26-17-11-23-7-8-24(12-18-26)20(23)26/h19-20H,1-18H2/q+2. The van der Waals surface area contributed by atoms with Crippen molar-refractivity contribution < 1.29 is 8.97 Å². The first-order valence-corrected chi connectivity index (χ1v) is 11.5. The predicted molar refractivity (Wildman–Crippen MR) is 102 cm³/mol. The Morgan fingerprint density at radius 3 is 1.15 bits per heavy atom. The van der Waals surface area contributed by atoms with Gasteiger partial charge in [0.2, 0.25) is 12.6 Å². The highest BCUT2D eigenvalue weighted by Gasteiger charge is 2.58. The first-order valence-electron chi connectivity index (χ1n) is 11.5. The predicted octanol–water partition coefficient (Wildman–Crippen LogP) is 0.0372. The molecule has 0 radical (unpaired) electrons. The second-order valence-electron chi connectivity index (χ2n) is 10.0. The SMILES string of the molecule is C(CCC[N+]12CCN3CCN(CC1)C32)CC[N+]12CCN3CCN(CC1)C32. The number of rotatable bonds is 7. The summed E-state index contributed by atoms with van der Waals surface area (Å²) in [6, 6.07) is 0. The molecule has 6 aliphatic heterocycles. The van der Waals surface area contributed by atoms with Crippen molar-refractivity contribution >= 4 is 0 Å². The van der Waals surface area contributed by atoms with E-state index < -0.39 is 0 Å². The van der Waals surface area contributed by atoms with Gasteiger partial charge in [-0.05, 0) is 25.7 Å². The van der Waals surface area contributed by atoms with Crippen molar-refractivity contribution in [2.45, 2.75) is 38.3 Å². The first-order chi connectivity index (χ1) is 12.8. The molecular formula is C20H38N6+2. The summed E-state index contributed by atoms with van der Waals surface area (Å²) in [5.74, 6) is 0. The Bertz CT molecular complexity index is 472. The van der Waals surface area contributed by atoms with Gasteiger partial charge in [-0.15, -0.1) is 0 Å². The molecule has 0 amide bonds. The molecule has 6 saturated heterocycles. The molecule has 0 N–H and O–H groups in total. The molecule has 6 rings (SSSR count). The summed E-state index contributed by atoms with van der Waals surface area (Å²) < 4.78 is 2.85. The Hall–Kier alpha value is -0.240. The molecule has 146 valence electrons. The van der Waals surface area contributed by atoms with Crippen molar-refractivity contribution in [3.8, 4) is 0 Å². The Morgan fingerprint density at radius 2 is 0.808 bits per heavy atom. The van der Waals surface area contributed by atoms with Crippen molar-refractivity contribution in [3.63, 3.8) is 0 Å². The van der Waals surface area contributed by atoms with Gasteiger partial charge >= 0.3 is 0 Å². The summed E-state index contributed by atoms with van der Waals surface area (Å²) in [5, 5.41) is 0. The Kier molecular flexibility index (Phi) is 3.93. The fraction of sp³-hybridized carbons (Fsp3) is 1.00. The third-order valence-corrected chi connectivity index (χ3v) is 8.92. The maximum absolute atomic E-state index is 2.77. The van der Waals surface area contributed by atoms with Crippen LogP contribution in [0.15, 0.2) is 0 Å². The average molecular weight is 363 g/mol. The van der Waals surface area contributed by atoms with Crippen LogP contribution in [0.3, 0.4) is 0 Å². The lowest BCUT2D eigenvalue weighted by molar-refractivity contribution is -0.937. The van der Waals surface area contributed by atoms with E-state index in [9.17, 15) is 0 Å². The van der Waals surface area contributed by atoms with Gasteiger partial charge in [0.1, 0.15) is 0 Å². The monoisotopic (exact) mass is 362 g/mol. The van der Waals surface area contributed by atoms with Gasteiger partial charge in [0.25, 0.3) is 0 Å². The van der Waals surface area contributed by atoms with Crippen LogP contribution in [-0.4, -0.2) is 133 Å². The largest absolute Gasteiger partial charge is 0.293 e. The minimum absolute atomic E-state index is 0.780. The summed E-state index contributed by atoms with van der Waals surface area (Å²) in [6.07, 6.45) is 7.40. The van der Waals surface area contributed by atoms with Crippen LogP contribution in [-0.2, 0) is 0 Å². The second kappa shape index (κ2) is 6.13. The van der Waals surface area contributed by atoms with E-state index in [0.717, 1.165) is 12.6 Å². The molecule has 0 atom stereocenters. The lowest BCUT2D eigenvalue weighted by Crippen LogP contribution is -2.53. The molecule has 6 fully saturated rings. The van der Waals surface area contributed by atoms with Gasteiger partial charge in [-0.2, -0.15) is 0 Å². The Balaban J connectivity index is 0.968.